The van der Waals surface area contributed by atoms with Crippen molar-refractivity contribution in [2.75, 3.05) is 10.6 Å². The monoisotopic (exact) mass is 352 g/mol. The van der Waals surface area contributed by atoms with Gasteiger partial charge in [-0.1, -0.05) is 6.07 Å². The van der Waals surface area contributed by atoms with Gasteiger partial charge in [0.2, 0.25) is 0 Å². The van der Waals surface area contributed by atoms with Crippen molar-refractivity contribution in [1.29, 1.82) is 0 Å². The van der Waals surface area contributed by atoms with Crippen LogP contribution in [-0.4, -0.2) is 26.9 Å². The van der Waals surface area contributed by atoms with E-state index >= 15 is 0 Å². The van der Waals surface area contributed by atoms with Crippen LogP contribution in [0.25, 0.3) is 0 Å². The summed E-state index contributed by atoms with van der Waals surface area (Å²) in [6.45, 7) is 1.76. The normalized spacial score (nSPS) is 10.2. The first kappa shape index (κ1) is 15.0. The molecule has 0 aliphatic rings. The standard InChI is InChI=1S/C13H13BrN4O3/c1-7-10(6-18(2)17-7)15-13(21)16-11-8(12(19)20)4-3-5-9(11)14/h3-6H,1-2H3,(H,19,20)(H2,15,16,21). The van der Waals surface area contributed by atoms with E-state index in [9.17, 15) is 9.59 Å². The molecule has 0 saturated heterocycles. The van der Waals surface area contributed by atoms with Crippen LogP contribution in [-0.2, 0) is 7.05 Å². The quantitative estimate of drug-likeness (QED) is 0.791. The zero-order valence-electron chi connectivity index (χ0n) is 11.3. The molecule has 8 heteroatoms. The van der Waals surface area contributed by atoms with Crippen LogP contribution in [0, 0.1) is 6.92 Å². The molecule has 21 heavy (non-hydrogen) atoms. The number of halogens is 1. The third-order valence-corrected chi connectivity index (χ3v) is 3.41. The van der Waals surface area contributed by atoms with Crippen molar-refractivity contribution in [3.05, 3.63) is 40.1 Å². The summed E-state index contributed by atoms with van der Waals surface area (Å²) in [7, 11) is 1.74. The maximum atomic E-state index is 12.0. The summed E-state index contributed by atoms with van der Waals surface area (Å²) in [5, 5.41) is 18.4. The third-order valence-electron chi connectivity index (χ3n) is 2.74. The molecule has 2 amide bonds. The first-order valence-corrected chi connectivity index (χ1v) is 6.78. The van der Waals surface area contributed by atoms with E-state index in [4.69, 9.17) is 5.11 Å². The van der Waals surface area contributed by atoms with Crippen molar-refractivity contribution in [3.8, 4) is 0 Å². The van der Waals surface area contributed by atoms with Gasteiger partial charge >= 0.3 is 12.0 Å². The molecule has 0 bridgehead atoms. The number of hydrogen-bond donors (Lipinski definition) is 3. The molecule has 1 aromatic heterocycles. The molecule has 1 aromatic carbocycles. The van der Waals surface area contributed by atoms with Gasteiger partial charge in [-0.2, -0.15) is 5.10 Å². The fraction of sp³-hybridized carbons (Fsp3) is 0.154. The largest absolute Gasteiger partial charge is 0.478 e. The van der Waals surface area contributed by atoms with E-state index in [0.717, 1.165) is 0 Å². The molecule has 0 atom stereocenters. The second-order valence-electron chi connectivity index (χ2n) is 4.35. The van der Waals surface area contributed by atoms with E-state index in [2.05, 4.69) is 31.7 Å². The Morgan fingerprint density at radius 1 is 1.33 bits per heavy atom. The van der Waals surface area contributed by atoms with E-state index in [1.165, 1.54) is 6.07 Å². The van der Waals surface area contributed by atoms with Gasteiger partial charge in [-0.15, -0.1) is 0 Å². The predicted molar refractivity (Wildman–Crippen MR) is 81.7 cm³/mol. The highest BCUT2D eigenvalue weighted by molar-refractivity contribution is 9.10. The maximum absolute atomic E-state index is 12.0. The summed E-state index contributed by atoms with van der Waals surface area (Å²) in [6.07, 6.45) is 1.66. The molecule has 0 unspecified atom stereocenters. The zero-order valence-corrected chi connectivity index (χ0v) is 12.9. The zero-order chi connectivity index (χ0) is 15.6. The number of nitrogens with zero attached hydrogens (tertiary/aromatic N) is 2. The van der Waals surface area contributed by atoms with Crippen LogP contribution in [0.2, 0.25) is 0 Å². The highest BCUT2D eigenvalue weighted by Gasteiger charge is 2.16. The van der Waals surface area contributed by atoms with E-state index < -0.39 is 12.0 Å². The van der Waals surface area contributed by atoms with Crippen LogP contribution in [0.5, 0.6) is 0 Å². The van der Waals surface area contributed by atoms with Crippen molar-refractivity contribution in [3.63, 3.8) is 0 Å². The van der Waals surface area contributed by atoms with Crippen LogP contribution in [0.3, 0.4) is 0 Å². The smallest absolute Gasteiger partial charge is 0.337 e. The topological polar surface area (TPSA) is 96.3 Å². The van der Waals surface area contributed by atoms with E-state index in [-0.39, 0.29) is 11.3 Å². The molecule has 2 aromatic rings. The number of aryl methyl sites for hydroxylation is 2. The molecule has 7 nitrogen and oxygen atoms in total. The van der Waals surface area contributed by atoms with Crippen LogP contribution >= 0.6 is 15.9 Å². The molecule has 0 aliphatic heterocycles. The lowest BCUT2D eigenvalue weighted by Gasteiger charge is -2.11. The molecular formula is C13H13BrN4O3. The fourth-order valence-electron chi connectivity index (χ4n) is 1.82. The van der Waals surface area contributed by atoms with Crippen LogP contribution in [0.4, 0.5) is 16.2 Å². The van der Waals surface area contributed by atoms with Gasteiger partial charge in [0.1, 0.15) is 0 Å². The Morgan fingerprint density at radius 2 is 2.05 bits per heavy atom. The molecule has 0 saturated carbocycles. The number of benzene rings is 1. The minimum Gasteiger partial charge on any atom is -0.478 e. The van der Waals surface area contributed by atoms with Crippen molar-refractivity contribution in [2.24, 2.45) is 7.05 Å². The molecule has 110 valence electrons. The number of anilines is 2. The fourth-order valence-corrected chi connectivity index (χ4v) is 2.28. The van der Waals surface area contributed by atoms with Gasteiger partial charge in [-0.3, -0.25) is 4.68 Å². The third kappa shape index (κ3) is 3.40. The number of rotatable bonds is 3. The van der Waals surface area contributed by atoms with Gasteiger partial charge in [0.25, 0.3) is 0 Å². The Balaban J connectivity index is 2.20. The number of amides is 2. The SMILES string of the molecule is Cc1nn(C)cc1NC(=O)Nc1c(Br)cccc1C(=O)O. The van der Waals surface area contributed by atoms with Crippen molar-refractivity contribution in [2.45, 2.75) is 6.92 Å². The van der Waals surface area contributed by atoms with E-state index in [0.29, 0.717) is 15.9 Å². The summed E-state index contributed by atoms with van der Waals surface area (Å²) in [6, 6.07) is 4.11. The lowest BCUT2D eigenvalue weighted by Crippen LogP contribution is -2.21. The molecule has 0 fully saturated rings. The molecule has 2 rings (SSSR count). The van der Waals surface area contributed by atoms with Crippen molar-refractivity contribution >= 4 is 39.3 Å². The summed E-state index contributed by atoms with van der Waals surface area (Å²) >= 11 is 3.23. The highest BCUT2D eigenvalue weighted by atomic mass is 79.9. The summed E-state index contributed by atoms with van der Waals surface area (Å²) in [4.78, 5) is 23.2. The van der Waals surface area contributed by atoms with E-state index in [1.807, 2.05) is 0 Å². The lowest BCUT2D eigenvalue weighted by atomic mass is 10.2. The van der Waals surface area contributed by atoms with Gasteiger partial charge in [-0.05, 0) is 35.0 Å². The molecule has 0 aliphatic carbocycles. The number of hydrogen-bond acceptors (Lipinski definition) is 3. The Kier molecular flexibility index (Phi) is 4.27. The summed E-state index contributed by atoms with van der Waals surface area (Å²) < 4.78 is 2.06. The van der Waals surface area contributed by atoms with Gasteiger partial charge in [-0.25, -0.2) is 9.59 Å². The minimum atomic E-state index is -1.12. The van der Waals surface area contributed by atoms with Crippen LogP contribution < -0.4 is 10.6 Å². The molecule has 0 radical (unpaired) electrons. The Bertz CT molecular complexity index is 711. The molecule has 0 spiro atoms. The average molecular weight is 353 g/mol. The number of carbonyl (C=O) groups excluding carboxylic acids is 1. The van der Waals surface area contributed by atoms with Gasteiger partial charge in [0, 0.05) is 17.7 Å². The number of urea groups is 1. The Labute approximate surface area is 129 Å². The number of para-hydroxylation sites is 1. The Hall–Kier alpha value is -2.35. The Morgan fingerprint density at radius 3 is 2.62 bits per heavy atom. The molecular weight excluding hydrogens is 340 g/mol. The van der Waals surface area contributed by atoms with Gasteiger partial charge in [0.05, 0.1) is 22.6 Å². The first-order valence-electron chi connectivity index (χ1n) is 5.98. The number of carbonyl (C=O) groups is 2. The number of carboxylic acid groups (broad SMARTS) is 1. The van der Waals surface area contributed by atoms with Crippen molar-refractivity contribution in [1.82, 2.24) is 9.78 Å². The minimum absolute atomic E-state index is 0.00225. The first-order chi connectivity index (χ1) is 9.88. The van der Waals surface area contributed by atoms with E-state index in [1.54, 1.807) is 37.0 Å². The maximum Gasteiger partial charge on any atom is 0.337 e. The molecule has 1 heterocycles. The highest BCUT2D eigenvalue weighted by Crippen LogP contribution is 2.26. The second kappa shape index (κ2) is 5.96. The van der Waals surface area contributed by atoms with Crippen LogP contribution in [0.1, 0.15) is 16.1 Å². The molecule has 3 N–H and O–H groups in total. The number of aromatic carboxylic acids is 1. The number of carboxylic acids is 1. The number of aromatic nitrogens is 2. The van der Waals surface area contributed by atoms with Gasteiger partial charge in [0.15, 0.2) is 0 Å². The lowest BCUT2D eigenvalue weighted by molar-refractivity contribution is 0.0698. The summed E-state index contributed by atoms with van der Waals surface area (Å²) in [5.74, 6) is -1.12. The number of nitrogens with one attached hydrogen (secondary N) is 2. The van der Waals surface area contributed by atoms with Gasteiger partial charge < -0.3 is 15.7 Å². The van der Waals surface area contributed by atoms with Crippen LogP contribution in [0.15, 0.2) is 28.9 Å². The summed E-state index contributed by atoms with van der Waals surface area (Å²) in [5.41, 5.74) is 1.42. The van der Waals surface area contributed by atoms with Crippen molar-refractivity contribution < 1.29 is 14.7 Å². The predicted octanol–water partition coefficient (Wildman–Crippen LogP) is 2.83. The average Bonchev–Trinajstić information content (AvgIpc) is 2.70. The second-order valence-corrected chi connectivity index (χ2v) is 5.20.